The highest BCUT2D eigenvalue weighted by Gasteiger charge is 2.18. The SMILES string of the molecule is CCOc1ccccc1-c1nc(-c2ccccc2)c(CC(=O)O)s1. The molecule has 0 aliphatic heterocycles. The molecule has 0 bridgehead atoms. The first-order valence-electron chi connectivity index (χ1n) is 7.68. The maximum atomic E-state index is 11.2. The molecule has 0 fully saturated rings. The number of para-hydroxylation sites is 1. The van der Waals surface area contributed by atoms with Crippen molar-refractivity contribution in [3.05, 3.63) is 59.5 Å². The maximum absolute atomic E-state index is 11.2. The number of nitrogens with zero attached hydrogens (tertiary/aromatic N) is 1. The smallest absolute Gasteiger partial charge is 0.308 e. The number of ether oxygens (including phenoxy) is 1. The quantitative estimate of drug-likeness (QED) is 0.718. The zero-order valence-electron chi connectivity index (χ0n) is 13.2. The molecule has 1 N–H and O–H groups in total. The molecule has 3 aromatic rings. The summed E-state index contributed by atoms with van der Waals surface area (Å²) < 4.78 is 5.68. The van der Waals surface area contributed by atoms with E-state index in [2.05, 4.69) is 0 Å². The fourth-order valence-corrected chi connectivity index (χ4v) is 3.58. The number of aliphatic carboxylic acids is 1. The third-order valence-electron chi connectivity index (χ3n) is 3.47. The van der Waals surface area contributed by atoms with Crippen molar-refractivity contribution in [2.75, 3.05) is 6.61 Å². The van der Waals surface area contributed by atoms with Gasteiger partial charge in [0, 0.05) is 10.4 Å². The number of rotatable bonds is 6. The number of carboxylic acids is 1. The fraction of sp³-hybridized carbons (Fsp3) is 0.158. The van der Waals surface area contributed by atoms with Gasteiger partial charge >= 0.3 is 5.97 Å². The lowest BCUT2D eigenvalue weighted by Gasteiger charge is -2.07. The molecule has 0 spiro atoms. The molecule has 24 heavy (non-hydrogen) atoms. The van der Waals surface area contributed by atoms with Gasteiger partial charge in [0.25, 0.3) is 0 Å². The number of benzene rings is 2. The van der Waals surface area contributed by atoms with E-state index in [1.807, 2.05) is 61.5 Å². The molecule has 1 heterocycles. The molecular formula is C19H17NO3S. The number of thiazole rings is 1. The minimum atomic E-state index is -0.861. The van der Waals surface area contributed by atoms with Gasteiger partial charge < -0.3 is 9.84 Å². The van der Waals surface area contributed by atoms with E-state index in [0.717, 1.165) is 32.5 Å². The molecule has 0 saturated carbocycles. The Kier molecular flexibility index (Phi) is 4.91. The van der Waals surface area contributed by atoms with Gasteiger partial charge in [-0.2, -0.15) is 0 Å². The lowest BCUT2D eigenvalue weighted by Crippen LogP contribution is -1.99. The first-order chi connectivity index (χ1) is 11.7. The molecule has 5 heteroatoms. The summed E-state index contributed by atoms with van der Waals surface area (Å²) >= 11 is 1.40. The predicted octanol–water partition coefficient (Wildman–Crippen LogP) is 4.50. The van der Waals surface area contributed by atoms with E-state index in [9.17, 15) is 9.90 Å². The lowest BCUT2D eigenvalue weighted by molar-refractivity contribution is -0.136. The average molecular weight is 339 g/mol. The van der Waals surface area contributed by atoms with Crippen LogP contribution in [-0.4, -0.2) is 22.7 Å². The van der Waals surface area contributed by atoms with Crippen LogP contribution in [0.4, 0.5) is 0 Å². The van der Waals surface area contributed by atoms with E-state index in [4.69, 9.17) is 9.72 Å². The second kappa shape index (κ2) is 7.27. The van der Waals surface area contributed by atoms with Crippen molar-refractivity contribution < 1.29 is 14.6 Å². The topological polar surface area (TPSA) is 59.4 Å². The molecule has 0 saturated heterocycles. The maximum Gasteiger partial charge on any atom is 0.308 e. The van der Waals surface area contributed by atoms with E-state index >= 15 is 0 Å². The Labute approximate surface area is 144 Å². The standard InChI is InChI=1S/C19H17NO3S/c1-2-23-15-11-7-6-10-14(15)19-20-18(13-8-4-3-5-9-13)16(24-19)12-17(21)22/h3-11H,2,12H2,1H3,(H,21,22). The first-order valence-corrected chi connectivity index (χ1v) is 8.49. The van der Waals surface area contributed by atoms with Gasteiger partial charge in [-0.3, -0.25) is 4.79 Å². The molecule has 0 aliphatic rings. The molecule has 1 aromatic heterocycles. The third-order valence-corrected chi connectivity index (χ3v) is 4.56. The minimum Gasteiger partial charge on any atom is -0.493 e. The number of hydrogen-bond donors (Lipinski definition) is 1. The Morgan fingerprint density at radius 1 is 1.12 bits per heavy atom. The van der Waals surface area contributed by atoms with Crippen LogP contribution >= 0.6 is 11.3 Å². The monoisotopic (exact) mass is 339 g/mol. The van der Waals surface area contributed by atoms with Crippen molar-refractivity contribution in [1.29, 1.82) is 0 Å². The van der Waals surface area contributed by atoms with Crippen molar-refractivity contribution in [2.45, 2.75) is 13.3 Å². The predicted molar refractivity (Wildman–Crippen MR) is 95.5 cm³/mol. The normalized spacial score (nSPS) is 10.5. The van der Waals surface area contributed by atoms with Gasteiger partial charge in [0.05, 0.1) is 24.3 Å². The van der Waals surface area contributed by atoms with E-state index in [0.29, 0.717) is 6.61 Å². The molecule has 122 valence electrons. The highest BCUT2D eigenvalue weighted by atomic mass is 32.1. The van der Waals surface area contributed by atoms with Gasteiger partial charge in [-0.05, 0) is 19.1 Å². The van der Waals surface area contributed by atoms with Crippen molar-refractivity contribution in [3.63, 3.8) is 0 Å². The summed E-state index contributed by atoms with van der Waals surface area (Å²) in [4.78, 5) is 16.7. The second-order valence-corrected chi connectivity index (χ2v) is 6.24. The third kappa shape index (κ3) is 3.46. The van der Waals surface area contributed by atoms with Gasteiger partial charge in [0.15, 0.2) is 0 Å². The van der Waals surface area contributed by atoms with Crippen LogP contribution in [0.25, 0.3) is 21.8 Å². The molecular weight excluding hydrogens is 322 g/mol. The largest absolute Gasteiger partial charge is 0.493 e. The van der Waals surface area contributed by atoms with Crippen LogP contribution in [0, 0.1) is 0 Å². The Bertz CT molecular complexity index is 843. The van der Waals surface area contributed by atoms with E-state index < -0.39 is 5.97 Å². The molecule has 0 aliphatic carbocycles. The summed E-state index contributed by atoms with van der Waals surface area (Å²) in [6, 6.07) is 17.4. The van der Waals surface area contributed by atoms with Crippen LogP contribution in [0.1, 0.15) is 11.8 Å². The molecule has 0 amide bonds. The van der Waals surface area contributed by atoms with Crippen molar-refractivity contribution in [3.8, 4) is 27.6 Å². The summed E-state index contributed by atoms with van der Waals surface area (Å²) in [5, 5.41) is 9.98. The van der Waals surface area contributed by atoms with Crippen LogP contribution in [0.2, 0.25) is 0 Å². The lowest BCUT2D eigenvalue weighted by atomic mass is 10.1. The number of carboxylic acid groups (broad SMARTS) is 1. The molecule has 4 nitrogen and oxygen atoms in total. The zero-order valence-corrected chi connectivity index (χ0v) is 14.0. The van der Waals surface area contributed by atoms with Gasteiger partial charge in [-0.15, -0.1) is 11.3 Å². The van der Waals surface area contributed by atoms with Crippen LogP contribution in [-0.2, 0) is 11.2 Å². The van der Waals surface area contributed by atoms with Crippen LogP contribution in [0.5, 0.6) is 5.75 Å². The highest BCUT2D eigenvalue weighted by molar-refractivity contribution is 7.15. The van der Waals surface area contributed by atoms with Gasteiger partial charge in [0.2, 0.25) is 0 Å². The number of carbonyl (C=O) groups is 1. The molecule has 2 aromatic carbocycles. The summed E-state index contributed by atoms with van der Waals surface area (Å²) in [7, 11) is 0. The van der Waals surface area contributed by atoms with Crippen LogP contribution in [0.15, 0.2) is 54.6 Å². The Hall–Kier alpha value is -2.66. The van der Waals surface area contributed by atoms with E-state index in [1.165, 1.54) is 11.3 Å². The first kappa shape index (κ1) is 16.2. The molecule has 0 atom stereocenters. The van der Waals surface area contributed by atoms with E-state index in [-0.39, 0.29) is 6.42 Å². The van der Waals surface area contributed by atoms with Gasteiger partial charge in [-0.1, -0.05) is 42.5 Å². The highest BCUT2D eigenvalue weighted by Crippen LogP contribution is 2.38. The average Bonchev–Trinajstić information content (AvgIpc) is 2.99. The van der Waals surface area contributed by atoms with Crippen LogP contribution < -0.4 is 4.74 Å². The summed E-state index contributed by atoms with van der Waals surface area (Å²) in [5.41, 5.74) is 2.53. The molecule has 3 rings (SSSR count). The minimum absolute atomic E-state index is 0.0430. The van der Waals surface area contributed by atoms with E-state index in [1.54, 1.807) is 0 Å². The fourth-order valence-electron chi connectivity index (χ4n) is 2.47. The summed E-state index contributed by atoms with van der Waals surface area (Å²) in [6.07, 6.45) is -0.0430. The van der Waals surface area contributed by atoms with Crippen molar-refractivity contribution >= 4 is 17.3 Å². The molecule has 0 unspecified atom stereocenters. The van der Waals surface area contributed by atoms with Gasteiger partial charge in [-0.25, -0.2) is 4.98 Å². The van der Waals surface area contributed by atoms with Gasteiger partial charge in [0.1, 0.15) is 10.8 Å². The van der Waals surface area contributed by atoms with Crippen LogP contribution in [0.3, 0.4) is 0 Å². The van der Waals surface area contributed by atoms with Crippen molar-refractivity contribution in [1.82, 2.24) is 4.98 Å². The number of aromatic nitrogens is 1. The Morgan fingerprint density at radius 2 is 1.83 bits per heavy atom. The molecule has 0 radical (unpaired) electrons. The Morgan fingerprint density at radius 3 is 2.54 bits per heavy atom. The second-order valence-electron chi connectivity index (χ2n) is 5.16. The zero-order chi connectivity index (χ0) is 16.9. The van der Waals surface area contributed by atoms with Crippen molar-refractivity contribution in [2.24, 2.45) is 0 Å². The summed E-state index contributed by atoms with van der Waals surface area (Å²) in [5.74, 6) is -0.101. The number of hydrogen-bond acceptors (Lipinski definition) is 4. The Balaban J connectivity index is 2.11. The summed E-state index contributed by atoms with van der Waals surface area (Å²) in [6.45, 7) is 2.50.